The number of benzene rings is 2. The molecular weight excluding hydrogens is 499 g/mol. The van der Waals surface area contributed by atoms with Gasteiger partial charge in [-0.2, -0.15) is 0 Å². The van der Waals surface area contributed by atoms with E-state index in [1.807, 2.05) is 0 Å². The summed E-state index contributed by atoms with van der Waals surface area (Å²) in [5.41, 5.74) is 5.16. The van der Waals surface area contributed by atoms with E-state index < -0.39 is 0 Å². The van der Waals surface area contributed by atoms with Crippen molar-refractivity contribution >= 4 is 62.1 Å². The quantitative estimate of drug-likeness (QED) is 0.556. The van der Waals surface area contributed by atoms with Crippen molar-refractivity contribution in [3.8, 4) is 0 Å². The first-order chi connectivity index (χ1) is 13.8. The van der Waals surface area contributed by atoms with E-state index in [1.165, 1.54) is 25.4 Å². The summed E-state index contributed by atoms with van der Waals surface area (Å²) >= 11 is 6.04. The fraction of sp³-hybridized carbons (Fsp3) is 0.238. The Morgan fingerprint density at radius 2 is 1.96 bits per heavy atom. The summed E-state index contributed by atoms with van der Waals surface area (Å²) in [6, 6.07) is 19.4. The van der Waals surface area contributed by atoms with E-state index in [2.05, 4.69) is 87.4 Å². The van der Waals surface area contributed by atoms with Gasteiger partial charge in [0, 0.05) is 18.0 Å². The van der Waals surface area contributed by atoms with Crippen LogP contribution in [0.5, 0.6) is 0 Å². The van der Waals surface area contributed by atoms with Gasteiger partial charge in [-0.05, 0) is 58.0 Å². The number of nitrogens with one attached hydrogen (secondary N) is 1. The van der Waals surface area contributed by atoms with Crippen molar-refractivity contribution in [2.45, 2.75) is 19.0 Å². The van der Waals surface area contributed by atoms with Gasteiger partial charge in [-0.25, -0.2) is 0 Å². The summed E-state index contributed by atoms with van der Waals surface area (Å²) in [5, 5.41) is 5.63. The van der Waals surface area contributed by atoms with Crippen LogP contribution in [0.15, 0.2) is 73.2 Å². The minimum atomic E-state index is 0.339. The second kappa shape index (κ2) is 8.12. The number of rotatable bonds is 4. The van der Waals surface area contributed by atoms with Gasteiger partial charge >= 0.3 is 0 Å². The maximum atomic E-state index is 4.97. The molecule has 5 rings (SSSR count). The minimum absolute atomic E-state index is 0.339. The molecule has 1 atom stereocenters. The Kier molecular flexibility index (Phi) is 5.38. The van der Waals surface area contributed by atoms with Crippen LogP contribution >= 0.6 is 46.1 Å². The van der Waals surface area contributed by atoms with Gasteiger partial charge in [-0.3, -0.25) is 9.98 Å². The van der Waals surface area contributed by atoms with Crippen LogP contribution in [0.2, 0.25) is 0 Å². The lowest BCUT2D eigenvalue weighted by atomic mass is 10.1. The lowest BCUT2D eigenvalue weighted by molar-refractivity contribution is 0.512. The highest BCUT2D eigenvalue weighted by atomic mass is 127. The highest BCUT2D eigenvalue weighted by Gasteiger charge is 2.35. The Labute approximate surface area is 187 Å². The highest BCUT2D eigenvalue weighted by molar-refractivity contribution is 14.1. The molecule has 28 heavy (non-hydrogen) atoms. The number of aliphatic imine (C=N–C) groups is 2. The van der Waals surface area contributed by atoms with Gasteiger partial charge < -0.3 is 10.2 Å². The molecule has 0 aromatic heterocycles. The SMILES string of the molecule is IC1=C(CSC2=NCc3ccccc3N2)N2CC(Cc3ccccc3)N=C2S1. The lowest BCUT2D eigenvalue weighted by Crippen LogP contribution is -2.26. The van der Waals surface area contributed by atoms with Crippen LogP contribution in [0.1, 0.15) is 11.1 Å². The maximum absolute atomic E-state index is 4.97. The average molecular weight is 518 g/mol. The third kappa shape index (κ3) is 3.84. The molecular formula is C21H19IN4S2. The third-order valence-electron chi connectivity index (χ3n) is 4.96. The summed E-state index contributed by atoms with van der Waals surface area (Å²) in [6.07, 6.45) is 1.00. The van der Waals surface area contributed by atoms with Gasteiger partial charge in [0.1, 0.15) is 0 Å². The summed E-state index contributed by atoms with van der Waals surface area (Å²) in [4.78, 5) is 12.1. The Bertz CT molecular complexity index is 987. The van der Waals surface area contributed by atoms with Crippen LogP contribution in [0.3, 0.4) is 0 Å². The summed E-state index contributed by atoms with van der Waals surface area (Å²) < 4.78 is 1.33. The van der Waals surface area contributed by atoms with Crippen molar-refractivity contribution in [1.29, 1.82) is 0 Å². The first kappa shape index (κ1) is 18.6. The molecule has 1 N–H and O–H groups in total. The van der Waals surface area contributed by atoms with Crippen molar-refractivity contribution in [2.75, 3.05) is 17.6 Å². The first-order valence-electron chi connectivity index (χ1n) is 9.24. The molecule has 142 valence electrons. The van der Waals surface area contributed by atoms with E-state index >= 15 is 0 Å². The summed E-state index contributed by atoms with van der Waals surface area (Å²) in [7, 11) is 0. The maximum Gasteiger partial charge on any atom is 0.169 e. The van der Waals surface area contributed by atoms with E-state index in [0.717, 1.165) is 35.6 Å². The number of hydrogen-bond acceptors (Lipinski definition) is 6. The molecule has 0 bridgehead atoms. The molecule has 0 spiro atoms. The number of thioether (sulfide) groups is 2. The predicted octanol–water partition coefficient (Wildman–Crippen LogP) is 5.34. The van der Waals surface area contributed by atoms with Crippen molar-refractivity contribution < 1.29 is 0 Å². The zero-order chi connectivity index (χ0) is 18.9. The lowest BCUT2D eigenvalue weighted by Gasteiger charge is -2.21. The molecule has 4 nitrogen and oxygen atoms in total. The van der Waals surface area contributed by atoms with Crippen molar-refractivity contribution in [2.24, 2.45) is 9.98 Å². The fourth-order valence-electron chi connectivity index (χ4n) is 3.55. The van der Waals surface area contributed by atoms with E-state index in [-0.39, 0.29) is 0 Å². The second-order valence-corrected chi connectivity index (χ2v) is 10.6. The van der Waals surface area contributed by atoms with Gasteiger partial charge in [0.15, 0.2) is 10.3 Å². The predicted molar refractivity (Wildman–Crippen MR) is 130 cm³/mol. The summed E-state index contributed by atoms with van der Waals surface area (Å²) in [6.45, 7) is 1.73. The van der Waals surface area contributed by atoms with Crippen LogP contribution in [0.25, 0.3) is 0 Å². The largest absolute Gasteiger partial charge is 0.335 e. The Balaban J connectivity index is 1.22. The van der Waals surface area contributed by atoms with Gasteiger partial charge in [-0.15, -0.1) is 0 Å². The van der Waals surface area contributed by atoms with Crippen LogP contribution in [0, 0.1) is 0 Å². The second-order valence-electron chi connectivity index (χ2n) is 6.88. The molecule has 1 unspecified atom stereocenters. The normalized spacial score (nSPS) is 20.5. The molecule has 0 saturated carbocycles. The standard InChI is InChI=1S/C21H19IN4S2/c22-19-18(13-27-20-23-11-15-8-4-5-9-17(15)25-20)26-12-16(24-21(26)28-19)10-14-6-2-1-3-7-14/h1-9,16H,10-13H2,(H,23,25). The number of hydrogen-bond donors (Lipinski definition) is 1. The molecule has 0 saturated heterocycles. The molecule has 0 aliphatic carbocycles. The average Bonchev–Trinajstić information content (AvgIpc) is 3.23. The van der Waals surface area contributed by atoms with Crippen molar-refractivity contribution in [1.82, 2.24) is 4.90 Å². The molecule has 3 aliphatic heterocycles. The monoisotopic (exact) mass is 518 g/mol. The van der Waals surface area contributed by atoms with Crippen LogP contribution < -0.4 is 5.32 Å². The van der Waals surface area contributed by atoms with Gasteiger partial charge in [0.2, 0.25) is 0 Å². The molecule has 2 aromatic rings. The number of anilines is 1. The molecule has 7 heteroatoms. The van der Waals surface area contributed by atoms with Crippen LogP contribution in [0.4, 0.5) is 5.69 Å². The first-order valence-corrected chi connectivity index (χ1v) is 12.1. The van der Waals surface area contributed by atoms with Crippen LogP contribution in [-0.4, -0.2) is 33.6 Å². The Hall–Kier alpha value is -1.45. The molecule has 0 amide bonds. The number of para-hydroxylation sites is 1. The highest BCUT2D eigenvalue weighted by Crippen LogP contribution is 2.43. The van der Waals surface area contributed by atoms with Gasteiger partial charge in [0.05, 0.1) is 21.2 Å². The van der Waals surface area contributed by atoms with Crippen molar-refractivity contribution in [3.63, 3.8) is 0 Å². The number of halogens is 1. The van der Waals surface area contributed by atoms with E-state index in [4.69, 9.17) is 9.98 Å². The topological polar surface area (TPSA) is 40.0 Å². The molecule has 3 aliphatic rings. The van der Waals surface area contributed by atoms with Gasteiger partial charge in [0.25, 0.3) is 0 Å². The molecule has 2 aromatic carbocycles. The van der Waals surface area contributed by atoms with Crippen LogP contribution in [-0.2, 0) is 13.0 Å². The minimum Gasteiger partial charge on any atom is -0.335 e. The zero-order valence-corrected chi connectivity index (χ0v) is 18.9. The van der Waals surface area contributed by atoms with Crippen molar-refractivity contribution in [3.05, 3.63) is 74.3 Å². The number of nitrogens with zero attached hydrogens (tertiary/aromatic N) is 3. The fourth-order valence-corrected chi connectivity index (χ4v) is 6.84. The third-order valence-corrected chi connectivity index (χ3v) is 8.09. The smallest absolute Gasteiger partial charge is 0.169 e. The number of fused-ring (bicyclic) bond motifs is 2. The Morgan fingerprint density at radius 1 is 1.14 bits per heavy atom. The van der Waals surface area contributed by atoms with Gasteiger partial charge in [-0.1, -0.05) is 60.3 Å². The molecule has 0 radical (unpaired) electrons. The number of amidine groups is 2. The van der Waals surface area contributed by atoms with E-state index in [1.54, 1.807) is 23.5 Å². The zero-order valence-electron chi connectivity index (χ0n) is 15.1. The van der Waals surface area contributed by atoms with E-state index in [9.17, 15) is 0 Å². The van der Waals surface area contributed by atoms with E-state index in [0.29, 0.717) is 6.04 Å². The molecule has 0 fully saturated rings. The Morgan fingerprint density at radius 3 is 2.86 bits per heavy atom. The summed E-state index contributed by atoms with van der Waals surface area (Å²) in [5.74, 6) is 0.913. The molecule has 3 heterocycles.